The summed E-state index contributed by atoms with van der Waals surface area (Å²) in [6.45, 7) is 3.21. The lowest BCUT2D eigenvalue weighted by molar-refractivity contribution is -0.141. The minimum Gasteiger partial charge on any atom is -0.480 e. The number of rotatable bonds is 5. The van der Waals surface area contributed by atoms with Crippen LogP contribution in [0.3, 0.4) is 0 Å². The van der Waals surface area contributed by atoms with Crippen LogP contribution < -0.4 is 5.32 Å². The maximum absolute atomic E-state index is 11.9. The van der Waals surface area contributed by atoms with Gasteiger partial charge in [-0.2, -0.15) is 23.5 Å². The third-order valence-electron chi connectivity index (χ3n) is 2.90. The highest BCUT2D eigenvalue weighted by Crippen LogP contribution is 2.16. The molecule has 104 valence electrons. The summed E-state index contributed by atoms with van der Waals surface area (Å²) in [4.78, 5) is 24.4. The normalized spacial score (nSPS) is 21.4. The third kappa shape index (κ3) is 4.61. The lowest BCUT2D eigenvalue weighted by Crippen LogP contribution is -2.54. The number of carboxylic acids is 1. The molecule has 0 aromatic heterocycles. The summed E-state index contributed by atoms with van der Waals surface area (Å²) < 4.78 is 0. The van der Waals surface area contributed by atoms with E-state index in [1.165, 1.54) is 4.90 Å². The number of hydrogen-bond acceptors (Lipinski definition) is 4. The van der Waals surface area contributed by atoms with E-state index in [-0.39, 0.29) is 6.03 Å². The van der Waals surface area contributed by atoms with Crippen molar-refractivity contribution in [2.45, 2.75) is 24.6 Å². The number of hydrogen-bond donors (Lipinski definition) is 2. The van der Waals surface area contributed by atoms with Crippen LogP contribution in [0.5, 0.6) is 0 Å². The molecule has 1 aliphatic rings. The smallest absolute Gasteiger partial charge is 0.327 e. The molecule has 1 heterocycles. The molecule has 0 aromatic rings. The van der Waals surface area contributed by atoms with Crippen molar-refractivity contribution in [1.82, 2.24) is 10.2 Å². The summed E-state index contributed by atoms with van der Waals surface area (Å²) in [6.07, 6.45) is 2.93. The van der Waals surface area contributed by atoms with Gasteiger partial charge in [0.15, 0.2) is 0 Å². The molecule has 1 saturated heterocycles. The fourth-order valence-corrected chi connectivity index (χ4v) is 3.04. The number of carbonyl (C=O) groups is 2. The molecule has 5 nitrogen and oxygen atoms in total. The summed E-state index contributed by atoms with van der Waals surface area (Å²) in [6, 6.07) is -0.947. The molecule has 2 amide bonds. The van der Waals surface area contributed by atoms with Gasteiger partial charge in [-0.25, -0.2) is 9.59 Å². The van der Waals surface area contributed by atoms with Crippen LogP contribution in [-0.2, 0) is 4.79 Å². The Morgan fingerprint density at radius 3 is 2.94 bits per heavy atom. The Hall–Kier alpha value is -0.560. The first-order valence-electron chi connectivity index (χ1n) is 5.94. The Kier molecular flexibility index (Phi) is 6.70. The third-order valence-corrected chi connectivity index (χ3v) is 4.97. The predicted molar refractivity (Wildman–Crippen MR) is 76.4 cm³/mol. The van der Waals surface area contributed by atoms with Crippen molar-refractivity contribution in [3.8, 4) is 0 Å². The van der Waals surface area contributed by atoms with Gasteiger partial charge in [-0.3, -0.25) is 0 Å². The average molecular weight is 292 g/mol. The number of amides is 2. The summed E-state index contributed by atoms with van der Waals surface area (Å²) in [5, 5.41) is 12.4. The van der Waals surface area contributed by atoms with Crippen LogP contribution in [0.1, 0.15) is 13.3 Å². The molecule has 0 spiro atoms. The van der Waals surface area contributed by atoms with Gasteiger partial charge in [0.1, 0.15) is 6.04 Å². The van der Waals surface area contributed by atoms with Crippen molar-refractivity contribution < 1.29 is 14.7 Å². The second-order valence-electron chi connectivity index (χ2n) is 4.19. The van der Waals surface area contributed by atoms with E-state index in [1.807, 2.05) is 6.26 Å². The Bertz CT molecular complexity index is 302. The van der Waals surface area contributed by atoms with Crippen LogP contribution in [0.15, 0.2) is 0 Å². The Morgan fingerprint density at radius 2 is 2.33 bits per heavy atom. The molecule has 7 heteroatoms. The van der Waals surface area contributed by atoms with E-state index in [1.54, 1.807) is 23.5 Å². The van der Waals surface area contributed by atoms with Crippen LogP contribution in [0.4, 0.5) is 4.79 Å². The van der Waals surface area contributed by atoms with E-state index in [9.17, 15) is 9.59 Å². The van der Waals surface area contributed by atoms with Crippen molar-refractivity contribution in [3.63, 3.8) is 0 Å². The van der Waals surface area contributed by atoms with Gasteiger partial charge < -0.3 is 15.3 Å². The van der Waals surface area contributed by atoms with Crippen LogP contribution >= 0.6 is 23.5 Å². The fraction of sp³-hybridized carbons (Fsp3) is 0.818. The Morgan fingerprint density at radius 1 is 1.61 bits per heavy atom. The molecule has 0 saturated carbocycles. The van der Waals surface area contributed by atoms with E-state index in [0.29, 0.717) is 24.1 Å². The number of carbonyl (C=O) groups excluding carboxylic acids is 1. The lowest BCUT2D eigenvalue weighted by Gasteiger charge is -2.32. The van der Waals surface area contributed by atoms with E-state index < -0.39 is 12.0 Å². The Balaban J connectivity index is 2.41. The topological polar surface area (TPSA) is 69.6 Å². The summed E-state index contributed by atoms with van der Waals surface area (Å²) in [5.74, 6) is 0.359. The van der Waals surface area contributed by atoms with E-state index in [0.717, 1.165) is 12.2 Å². The minimum atomic E-state index is -0.921. The van der Waals surface area contributed by atoms with E-state index >= 15 is 0 Å². The monoisotopic (exact) mass is 292 g/mol. The van der Waals surface area contributed by atoms with Gasteiger partial charge in [0, 0.05) is 29.8 Å². The van der Waals surface area contributed by atoms with Crippen LogP contribution in [0.25, 0.3) is 0 Å². The molecular weight excluding hydrogens is 272 g/mol. The second kappa shape index (κ2) is 7.78. The quantitative estimate of drug-likeness (QED) is 0.800. The van der Waals surface area contributed by atoms with Crippen molar-refractivity contribution in [2.75, 3.05) is 30.9 Å². The average Bonchev–Trinajstić information content (AvgIpc) is 2.38. The molecule has 1 aliphatic heterocycles. The summed E-state index contributed by atoms with van der Waals surface area (Å²) in [5.41, 5.74) is 0. The molecule has 0 radical (unpaired) electrons. The van der Waals surface area contributed by atoms with Gasteiger partial charge in [0.05, 0.1) is 0 Å². The molecule has 0 aliphatic carbocycles. The number of aliphatic carboxylic acids is 1. The predicted octanol–water partition coefficient (Wildman–Crippen LogP) is 1.34. The number of thioether (sulfide) groups is 2. The van der Waals surface area contributed by atoms with Crippen molar-refractivity contribution in [2.24, 2.45) is 0 Å². The van der Waals surface area contributed by atoms with Crippen molar-refractivity contribution in [1.29, 1.82) is 0 Å². The van der Waals surface area contributed by atoms with Crippen molar-refractivity contribution in [3.05, 3.63) is 0 Å². The molecular formula is C11H20N2O3S2. The molecule has 2 unspecified atom stereocenters. The molecule has 1 rings (SSSR count). The minimum absolute atomic E-state index is 0.254. The van der Waals surface area contributed by atoms with Crippen LogP contribution in [-0.4, -0.2) is 64.1 Å². The largest absolute Gasteiger partial charge is 0.480 e. The molecule has 2 atom stereocenters. The standard InChI is InChI=1S/C11H20N2O3S2/c1-8(17-2)3-4-12-11(16)13-5-6-18-7-9(13)10(14)15/h8-9H,3-7H2,1-2H3,(H,12,16)(H,14,15). The number of nitrogens with zero attached hydrogens (tertiary/aromatic N) is 1. The molecule has 18 heavy (non-hydrogen) atoms. The van der Waals surface area contributed by atoms with Gasteiger partial charge in [-0.05, 0) is 12.7 Å². The van der Waals surface area contributed by atoms with E-state index in [4.69, 9.17) is 5.11 Å². The number of nitrogens with one attached hydrogen (secondary N) is 1. The zero-order chi connectivity index (χ0) is 13.5. The van der Waals surface area contributed by atoms with Crippen molar-refractivity contribution >= 4 is 35.5 Å². The van der Waals surface area contributed by atoms with Gasteiger partial charge >= 0.3 is 12.0 Å². The SMILES string of the molecule is CSC(C)CCNC(=O)N1CCSCC1C(=O)O. The first-order chi connectivity index (χ1) is 8.56. The lowest BCUT2D eigenvalue weighted by atomic mass is 10.3. The molecule has 1 fully saturated rings. The van der Waals surface area contributed by atoms with Gasteiger partial charge in [0.2, 0.25) is 0 Å². The number of carboxylic acid groups (broad SMARTS) is 1. The second-order valence-corrected chi connectivity index (χ2v) is 6.62. The highest BCUT2D eigenvalue weighted by Gasteiger charge is 2.32. The van der Waals surface area contributed by atoms with Gasteiger partial charge in [-0.1, -0.05) is 6.92 Å². The maximum Gasteiger partial charge on any atom is 0.327 e. The molecule has 0 bridgehead atoms. The van der Waals surface area contributed by atoms with Crippen LogP contribution in [0.2, 0.25) is 0 Å². The highest BCUT2D eigenvalue weighted by atomic mass is 32.2. The Labute approximate surface area is 116 Å². The highest BCUT2D eigenvalue weighted by molar-refractivity contribution is 7.99. The summed E-state index contributed by atoms with van der Waals surface area (Å²) >= 11 is 3.33. The maximum atomic E-state index is 11.9. The van der Waals surface area contributed by atoms with Gasteiger partial charge in [0.25, 0.3) is 0 Å². The first-order valence-corrected chi connectivity index (χ1v) is 8.38. The fourth-order valence-electron chi connectivity index (χ4n) is 1.65. The van der Waals surface area contributed by atoms with E-state index in [2.05, 4.69) is 12.2 Å². The van der Waals surface area contributed by atoms with Gasteiger partial charge in [-0.15, -0.1) is 0 Å². The number of urea groups is 1. The van der Waals surface area contributed by atoms with Crippen LogP contribution in [0, 0.1) is 0 Å². The zero-order valence-corrected chi connectivity index (χ0v) is 12.4. The first kappa shape index (κ1) is 15.5. The molecule has 2 N–H and O–H groups in total. The summed E-state index contributed by atoms with van der Waals surface area (Å²) in [7, 11) is 0. The zero-order valence-electron chi connectivity index (χ0n) is 10.7. The molecule has 0 aromatic carbocycles.